The number of carbonyl (C=O) groups excluding carboxylic acids is 1. The Morgan fingerprint density at radius 1 is 1.11 bits per heavy atom. The molecule has 0 atom stereocenters. The number of aromatic nitrogens is 2. The molecule has 0 unspecified atom stereocenters. The molecule has 1 heterocycles. The Morgan fingerprint density at radius 3 is 2.52 bits per heavy atom. The summed E-state index contributed by atoms with van der Waals surface area (Å²) in [6.45, 7) is 5.08. The second-order valence-corrected chi connectivity index (χ2v) is 7.85. The molecule has 0 fully saturated rings. The molecule has 0 aliphatic heterocycles. The van der Waals surface area contributed by atoms with E-state index < -0.39 is 0 Å². The van der Waals surface area contributed by atoms with Crippen molar-refractivity contribution < 1.29 is 4.79 Å². The number of hydrogen-bond acceptors (Lipinski definition) is 3. The summed E-state index contributed by atoms with van der Waals surface area (Å²) >= 11 is 7.58. The standard InChI is InChI=1S/C21H22ClN3OS/c1-15-20(16(2)25(24-15)14-17-6-4-3-5-7-17)21(26)23-12-13-27-19-10-8-18(22)9-11-19/h3-11H,12-14H2,1-2H3,(H,23,26). The normalized spacial score (nSPS) is 10.8. The molecule has 1 aromatic heterocycles. The minimum absolute atomic E-state index is 0.0685. The van der Waals surface area contributed by atoms with Crippen LogP contribution in [-0.4, -0.2) is 28.0 Å². The summed E-state index contributed by atoms with van der Waals surface area (Å²) < 4.78 is 1.89. The van der Waals surface area contributed by atoms with Gasteiger partial charge in [-0.1, -0.05) is 41.9 Å². The molecule has 2 aromatic carbocycles. The molecule has 6 heteroatoms. The van der Waals surface area contributed by atoms with Crippen LogP contribution in [0.3, 0.4) is 0 Å². The predicted molar refractivity (Wildman–Crippen MR) is 112 cm³/mol. The van der Waals surface area contributed by atoms with Crippen molar-refractivity contribution in [3.8, 4) is 0 Å². The number of rotatable bonds is 7. The number of benzene rings is 2. The first kappa shape index (κ1) is 19.5. The molecule has 140 valence electrons. The molecular weight excluding hydrogens is 378 g/mol. The fourth-order valence-corrected chi connectivity index (χ4v) is 3.78. The van der Waals surface area contributed by atoms with Gasteiger partial charge in [-0.15, -0.1) is 11.8 Å². The zero-order valence-corrected chi connectivity index (χ0v) is 17.0. The van der Waals surface area contributed by atoms with E-state index in [4.69, 9.17) is 11.6 Å². The second kappa shape index (κ2) is 9.11. The average Bonchev–Trinajstić information content (AvgIpc) is 2.94. The summed E-state index contributed by atoms with van der Waals surface area (Å²) in [6.07, 6.45) is 0. The highest BCUT2D eigenvalue weighted by atomic mass is 35.5. The van der Waals surface area contributed by atoms with Crippen molar-refractivity contribution in [3.63, 3.8) is 0 Å². The maximum atomic E-state index is 12.6. The maximum absolute atomic E-state index is 12.6. The molecular formula is C21H22ClN3OS. The molecule has 1 amide bonds. The minimum Gasteiger partial charge on any atom is -0.351 e. The van der Waals surface area contributed by atoms with Gasteiger partial charge in [0.2, 0.25) is 0 Å². The fourth-order valence-electron chi connectivity index (χ4n) is 2.89. The number of hydrogen-bond donors (Lipinski definition) is 1. The van der Waals surface area contributed by atoms with Crippen LogP contribution in [-0.2, 0) is 6.54 Å². The summed E-state index contributed by atoms with van der Waals surface area (Å²) in [7, 11) is 0. The average molecular weight is 400 g/mol. The molecule has 3 aromatic rings. The first-order valence-electron chi connectivity index (χ1n) is 8.79. The fraction of sp³-hybridized carbons (Fsp3) is 0.238. The number of nitrogens with zero attached hydrogens (tertiary/aromatic N) is 2. The van der Waals surface area contributed by atoms with Crippen LogP contribution in [0.25, 0.3) is 0 Å². The number of carbonyl (C=O) groups is 1. The Morgan fingerprint density at radius 2 is 1.81 bits per heavy atom. The van der Waals surface area contributed by atoms with E-state index in [2.05, 4.69) is 22.5 Å². The van der Waals surface area contributed by atoms with E-state index in [0.29, 0.717) is 18.7 Å². The van der Waals surface area contributed by atoms with E-state index in [1.54, 1.807) is 11.8 Å². The van der Waals surface area contributed by atoms with Gasteiger partial charge in [-0.2, -0.15) is 5.10 Å². The van der Waals surface area contributed by atoms with Gasteiger partial charge in [0.25, 0.3) is 5.91 Å². The predicted octanol–water partition coefficient (Wildman–Crippen LogP) is 4.72. The van der Waals surface area contributed by atoms with Crippen molar-refractivity contribution in [2.75, 3.05) is 12.3 Å². The molecule has 0 saturated carbocycles. The first-order valence-corrected chi connectivity index (χ1v) is 10.2. The number of nitrogens with one attached hydrogen (secondary N) is 1. The number of amides is 1. The Labute approximate surface area is 168 Å². The highest BCUT2D eigenvalue weighted by Gasteiger charge is 2.18. The molecule has 0 aliphatic carbocycles. The van der Waals surface area contributed by atoms with Crippen molar-refractivity contribution in [3.05, 3.63) is 82.1 Å². The lowest BCUT2D eigenvalue weighted by Crippen LogP contribution is -2.26. The van der Waals surface area contributed by atoms with Gasteiger partial charge < -0.3 is 5.32 Å². The van der Waals surface area contributed by atoms with E-state index in [9.17, 15) is 4.79 Å². The highest BCUT2D eigenvalue weighted by Crippen LogP contribution is 2.20. The maximum Gasteiger partial charge on any atom is 0.255 e. The van der Waals surface area contributed by atoms with Crippen molar-refractivity contribution in [1.29, 1.82) is 0 Å². The third kappa shape index (κ3) is 5.15. The third-order valence-electron chi connectivity index (χ3n) is 4.25. The highest BCUT2D eigenvalue weighted by molar-refractivity contribution is 7.99. The van der Waals surface area contributed by atoms with Crippen molar-refractivity contribution >= 4 is 29.3 Å². The van der Waals surface area contributed by atoms with E-state index in [-0.39, 0.29) is 5.91 Å². The van der Waals surface area contributed by atoms with E-state index in [1.165, 1.54) is 0 Å². The number of aryl methyl sites for hydroxylation is 1. The van der Waals surface area contributed by atoms with Crippen LogP contribution in [0.5, 0.6) is 0 Å². The Kier molecular flexibility index (Phi) is 6.58. The number of halogens is 1. The molecule has 0 spiro atoms. The van der Waals surface area contributed by atoms with Crippen LogP contribution in [0.2, 0.25) is 5.02 Å². The smallest absolute Gasteiger partial charge is 0.255 e. The Balaban J connectivity index is 1.57. The Bertz CT molecular complexity index is 907. The molecule has 27 heavy (non-hydrogen) atoms. The molecule has 0 radical (unpaired) electrons. The zero-order chi connectivity index (χ0) is 19.2. The van der Waals surface area contributed by atoms with Crippen molar-refractivity contribution in [2.24, 2.45) is 0 Å². The van der Waals surface area contributed by atoms with Crippen LogP contribution < -0.4 is 5.32 Å². The molecule has 0 aliphatic rings. The third-order valence-corrected chi connectivity index (χ3v) is 5.52. The van der Waals surface area contributed by atoms with Gasteiger partial charge >= 0.3 is 0 Å². The summed E-state index contributed by atoms with van der Waals surface area (Å²) in [5.74, 6) is 0.727. The summed E-state index contributed by atoms with van der Waals surface area (Å²) in [4.78, 5) is 13.8. The van der Waals surface area contributed by atoms with Gasteiger partial charge in [0.1, 0.15) is 0 Å². The van der Waals surface area contributed by atoms with Crippen LogP contribution in [0, 0.1) is 13.8 Å². The van der Waals surface area contributed by atoms with Crippen LogP contribution >= 0.6 is 23.4 Å². The lowest BCUT2D eigenvalue weighted by molar-refractivity contribution is 0.0955. The monoisotopic (exact) mass is 399 g/mol. The van der Waals surface area contributed by atoms with Gasteiger partial charge in [0, 0.05) is 27.9 Å². The Hall–Kier alpha value is -2.24. The summed E-state index contributed by atoms with van der Waals surface area (Å²) in [6, 6.07) is 17.8. The quantitative estimate of drug-likeness (QED) is 0.461. The van der Waals surface area contributed by atoms with Crippen molar-refractivity contribution in [1.82, 2.24) is 15.1 Å². The lowest BCUT2D eigenvalue weighted by atomic mass is 10.2. The van der Waals surface area contributed by atoms with Crippen LogP contribution in [0.4, 0.5) is 0 Å². The van der Waals surface area contributed by atoms with E-state index in [1.807, 2.05) is 61.0 Å². The summed E-state index contributed by atoms with van der Waals surface area (Å²) in [5.41, 5.74) is 3.47. The second-order valence-electron chi connectivity index (χ2n) is 6.25. The first-order chi connectivity index (χ1) is 13.0. The topological polar surface area (TPSA) is 46.9 Å². The van der Waals surface area contributed by atoms with Gasteiger partial charge in [0.15, 0.2) is 0 Å². The lowest BCUT2D eigenvalue weighted by Gasteiger charge is -2.07. The van der Waals surface area contributed by atoms with Gasteiger partial charge in [-0.3, -0.25) is 9.48 Å². The van der Waals surface area contributed by atoms with Crippen molar-refractivity contribution in [2.45, 2.75) is 25.3 Å². The van der Waals surface area contributed by atoms with Crippen LogP contribution in [0.1, 0.15) is 27.3 Å². The minimum atomic E-state index is -0.0685. The summed E-state index contributed by atoms with van der Waals surface area (Å²) in [5, 5.41) is 8.28. The molecule has 3 rings (SSSR count). The van der Waals surface area contributed by atoms with Gasteiger partial charge in [-0.25, -0.2) is 0 Å². The largest absolute Gasteiger partial charge is 0.351 e. The zero-order valence-electron chi connectivity index (χ0n) is 15.4. The van der Waals surface area contributed by atoms with Crippen LogP contribution in [0.15, 0.2) is 59.5 Å². The van der Waals surface area contributed by atoms with E-state index in [0.717, 1.165) is 32.6 Å². The van der Waals surface area contributed by atoms with Gasteiger partial charge in [-0.05, 0) is 43.7 Å². The van der Waals surface area contributed by atoms with Gasteiger partial charge in [0.05, 0.1) is 17.8 Å². The van der Waals surface area contributed by atoms with E-state index >= 15 is 0 Å². The SMILES string of the molecule is Cc1nn(Cc2ccccc2)c(C)c1C(=O)NCCSc1ccc(Cl)cc1. The number of thioether (sulfide) groups is 1. The molecule has 0 saturated heterocycles. The molecule has 4 nitrogen and oxygen atoms in total. The molecule has 1 N–H and O–H groups in total. The molecule has 0 bridgehead atoms.